The number of amides is 2. The molecule has 4 bridgehead atoms. The monoisotopic (exact) mass is 472 g/mol. The second kappa shape index (κ2) is 7.96. The van der Waals surface area contributed by atoms with Crippen molar-refractivity contribution in [1.29, 1.82) is 0 Å². The molecule has 162 valence electrons. The number of hydrogen-bond acceptors (Lipinski definition) is 2. The van der Waals surface area contributed by atoms with Gasteiger partial charge >= 0.3 is 0 Å². The molecule has 5 aliphatic rings. The lowest BCUT2D eigenvalue weighted by Gasteiger charge is -2.57. The van der Waals surface area contributed by atoms with Gasteiger partial charge in [-0.3, -0.25) is 9.59 Å². The normalized spacial score (nSPS) is 33.0. The second-order valence-electron chi connectivity index (χ2n) is 10.7. The van der Waals surface area contributed by atoms with Gasteiger partial charge < -0.3 is 9.80 Å². The van der Waals surface area contributed by atoms with Gasteiger partial charge in [-0.15, -0.1) is 0 Å². The van der Waals surface area contributed by atoms with E-state index in [1.165, 1.54) is 38.5 Å². The molecule has 0 spiro atoms. The summed E-state index contributed by atoms with van der Waals surface area (Å²) in [6.45, 7) is 2.31. The van der Waals surface area contributed by atoms with E-state index in [0.717, 1.165) is 47.2 Å². The van der Waals surface area contributed by atoms with Gasteiger partial charge in [0, 0.05) is 42.6 Å². The number of nitrogens with zero attached hydrogens (tertiary/aromatic N) is 2. The smallest absolute Gasteiger partial charge is 0.253 e. The highest BCUT2D eigenvalue weighted by Crippen LogP contribution is 2.60. The third-order valence-electron chi connectivity index (χ3n) is 8.34. The number of likely N-dealkylation sites (tertiary alicyclic amines) is 1. The number of piperidine rings is 1. The Balaban J connectivity index is 1.16. The van der Waals surface area contributed by atoms with Gasteiger partial charge in [0.15, 0.2) is 0 Å². The van der Waals surface area contributed by atoms with E-state index < -0.39 is 0 Å². The number of carbonyl (C=O) groups is 2. The van der Waals surface area contributed by atoms with Crippen LogP contribution in [0, 0.1) is 29.1 Å². The van der Waals surface area contributed by atoms with Crippen LogP contribution in [0.5, 0.6) is 0 Å². The van der Waals surface area contributed by atoms with Crippen LogP contribution >= 0.6 is 15.9 Å². The summed E-state index contributed by atoms with van der Waals surface area (Å²) in [6.07, 6.45) is 9.94. The average Bonchev–Trinajstić information content (AvgIpc) is 2.72. The molecule has 5 heteroatoms. The highest BCUT2D eigenvalue weighted by Gasteiger charge is 2.51. The molecule has 0 N–H and O–H groups in total. The summed E-state index contributed by atoms with van der Waals surface area (Å²) in [4.78, 5) is 29.9. The van der Waals surface area contributed by atoms with Gasteiger partial charge in [-0.1, -0.05) is 15.9 Å². The van der Waals surface area contributed by atoms with E-state index in [2.05, 4.69) is 20.8 Å². The van der Waals surface area contributed by atoms with E-state index >= 15 is 0 Å². The van der Waals surface area contributed by atoms with E-state index in [1.807, 2.05) is 36.2 Å². The SMILES string of the molecule is CN(CC12CC3CC(CC(C3)C1)C2)C(=O)C1CCN(C(=O)c2ccc(Br)cc2)CC1. The molecule has 0 radical (unpaired) electrons. The Morgan fingerprint density at radius 2 is 1.53 bits per heavy atom. The first-order valence-electron chi connectivity index (χ1n) is 11.7. The van der Waals surface area contributed by atoms with Gasteiger partial charge in [-0.05, 0) is 98.8 Å². The van der Waals surface area contributed by atoms with Crippen LogP contribution in [-0.4, -0.2) is 48.3 Å². The predicted octanol–water partition coefficient (Wildman–Crippen LogP) is 4.98. The first-order valence-corrected chi connectivity index (χ1v) is 12.5. The van der Waals surface area contributed by atoms with Gasteiger partial charge in [0.25, 0.3) is 5.91 Å². The molecule has 2 amide bonds. The molecule has 6 rings (SSSR count). The van der Waals surface area contributed by atoms with Gasteiger partial charge in [0.05, 0.1) is 0 Å². The fourth-order valence-electron chi connectivity index (χ4n) is 7.48. The zero-order valence-corrected chi connectivity index (χ0v) is 19.6. The Labute approximate surface area is 188 Å². The molecule has 30 heavy (non-hydrogen) atoms. The maximum atomic E-state index is 13.2. The second-order valence-corrected chi connectivity index (χ2v) is 11.6. The minimum atomic E-state index is 0.0675. The van der Waals surface area contributed by atoms with Crippen molar-refractivity contribution in [2.24, 2.45) is 29.1 Å². The van der Waals surface area contributed by atoms with Crippen molar-refractivity contribution in [2.45, 2.75) is 51.4 Å². The number of halogens is 1. The standard InChI is InChI=1S/C25H33BrN2O2/c1-27(16-25-13-17-10-18(14-25)12-19(11-17)15-25)23(29)21-6-8-28(9-7-21)24(30)20-2-4-22(26)5-3-20/h2-5,17-19,21H,6-16H2,1H3. The van der Waals surface area contributed by atoms with Gasteiger partial charge in [-0.25, -0.2) is 0 Å². The lowest BCUT2D eigenvalue weighted by molar-refractivity contribution is -0.140. The molecular weight excluding hydrogens is 440 g/mol. The van der Waals surface area contributed by atoms with E-state index in [4.69, 9.17) is 0 Å². The third kappa shape index (κ3) is 3.94. The Kier molecular flexibility index (Phi) is 5.45. The van der Waals surface area contributed by atoms with E-state index in [1.54, 1.807) is 0 Å². The highest BCUT2D eigenvalue weighted by molar-refractivity contribution is 9.10. The lowest BCUT2D eigenvalue weighted by atomic mass is 9.49. The zero-order valence-electron chi connectivity index (χ0n) is 18.0. The van der Waals surface area contributed by atoms with Gasteiger partial charge in [-0.2, -0.15) is 0 Å². The molecule has 1 aromatic carbocycles. The topological polar surface area (TPSA) is 40.6 Å². The number of benzene rings is 1. The molecule has 1 aromatic rings. The predicted molar refractivity (Wildman–Crippen MR) is 121 cm³/mol. The van der Waals surface area contributed by atoms with Crippen LogP contribution in [0.4, 0.5) is 0 Å². The molecule has 0 atom stereocenters. The first-order chi connectivity index (χ1) is 14.4. The van der Waals surface area contributed by atoms with Crippen LogP contribution < -0.4 is 0 Å². The van der Waals surface area contributed by atoms with E-state index in [9.17, 15) is 9.59 Å². The van der Waals surface area contributed by atoms with E-state index in [-0.39, 0.29) is 11.8 Å². The van der Waals surface area contributed by atoms with Gasteiger partial charge in [0.1, 0.15) is 0 Å². The first kappa shape index (κ1) is 20.5. The maximum Gasteiger partial charge on any atom is 0.253 e. The molecule has 4 nitrogen and oxygen atoms in total. The minimum Gasteiger partial charge on any atom is -0.345 e. The third-order valence-corrected chi connectivity index (χ3v) is 8.87. The van der Waals surface area contributed by atoms with Crippen LogP contribution in [0.2, 0.25) is 0 Å². The van der Waals surface area contributed by atoms with Crippen molar-refractivity contribution in [1.82, 2.24) is 9.80 Å². The average molecular weight is 473 g/mol. The van der Waals surface area contributed by atoms with Gasteiger partial charge in [0.2, 0.25) is 5.91 Å². The van der Waals surface area contributed by atoms with Crippen LogP contribution in [-0.2, 0) is 4.79 Å². The quantitative estimate of drug-likeness (QED) is 0.619. The largest absolute Gasteiger partial charge is 0.345 e. The van der Waals surface area contributed by atoms with Crippen molar-refractivity contribution in [3.05, 3.63) is 34.3 Å². The molecule has 4 saturated carbocycles. The van der Waals surface area contributed by atoms with Crippen molar-refractivity contribution in [3.63, 3.8) is 0 Å². The Morgan fingerprint density at radius 1 is 1.00 bits per heavy atom. The molecule has 1 aliphatic heterocycles. The Morgan fingerprint density at radius 3 is 2.07 bits per heavy atom. The summed E-state index contributed by atoms with van der Waals surface area (Å²) < 4.78 is 0.977. The lowest BCUT2D eigenvalue weighted by Crippen LogP contribution is -2.52. The Bertz CT molecular complexity index is 778. The van der Waals surface area contributed by atoms with Crippen LogP contribution in [0.15, 0.2) is 28.7 Å². The highest BCUT2D eigenvalue weighted by atomic mass is 79.9. The van der Waals surface area contributed by atoms with E-state index in [0.29, 0.717) is 24.4 Å². The summed E-state index contributed by atoms with van der Waals surface area (Å²) in [7, 11) is 2.03. The van der Waals surface area contributed by atoms with Crippen molar-refractivity contribution < 1.29 is 9.59 Å². The number of carbonyl (C=O) groups excluding carboxylic acids is 2. The maximum absolute atomic E-state index is 13.2. The fourth-order valence-corrected chi connectivity index (χ4v) is 7.75. The Hall–Kier alpha value is -1.36. The summed E-state index contributed by atoms with van der Waals surface area (Å²) in [5, 5.41) is 0. The van der Waals surface area contributed by atoms with Crippen LogP contribution in [0.3, 0.4) is 0 Å². The van der Waals surface area contributed by atoms with Crippen LogP contribution in [0.1, 0.15) is 61.7 Å². The summed E-state index contributed by atoms with van der Waals surface area (Å²) in [5.41, 5.74) is 1.12. The minimum absolute atomic E-state index is 0.0675. The summed E-state index contributed by atoms with van der Waals surface area (Å²) in [5.74, 6) is 3.22. The molecule has 4 aliphatic carbocycles. The van der Waals surface area contributed by atoms with Crippen molar-refractivity contribution in [3.8, 4) is 0 Å². The van der Waals surface area contributed by atoms with Crippen molar-refractivity contribution >= 4 is 27.7 Å². The molecule has 1 heterocycles. The van der Waals surface area contributed by atoms with Crippen LogP contribution in [0.25, 0.3) is 0 Å². The fraction of sp³-hybridized carbons (Fsp3) is 0.680. The zero-order chi connectivity index (χ0) is 20.9. The molecule has 0 unspecified atom stereocenters. The number of rotatable bonds is 4. The summed E-state index contributed by atoms with van der Waals surface area (Å²) in [6, 6.07) is 7.54. The number of hydrogen-bond donors (Lipinski definition) is 0. The molecule has 0 aromatic heterocycles. The molecule has 1 saturated heterocycles. The molecule has 5 fully saturated rings. The summed E-state index contributed by atoms with van der Waals surface area (Å²) >= 11 is 3.42. The van der Waals surface area contributed by atoms with Crippen molar-refractivity contribution in [2.75, 3.05) is 26.7 Å². The molecular formula is C25H33BrN2O2.